The fraction of sp³-hybridized carbons (Fsp3) is 0.120. The highest BCUT2D eigenvalue weighted by Crippen LogP contribution is 2.36. The number of benzene rings is 3. The van der Waals surface area contributed by atoms with Gasteiger partial charge in [-0.1, -0.05) is 42.5 Å². The molecule has 160 valence electrons. The summed E-state index contributed by atoms with van der Waals surface area (Å²) >= 11 is 0. The number of fused-ring (bicyclic) bond motifs is 2. The number of nitrogens with one attached hydrogen (secondary N) is 1. The number of para-hydroxylation sites is 2. The van der Waals surface area contributed by atoms with Gasteiger partial charge in [0.1, 0.15) is 0 Å². The van der Waals surface area contributed by atoms with E-state index in [9.17, 15) is 13.2 Å². The van der Waals surface area contributed by atoms with Gasteiger partial charge in [0.15, 0.2) is 0 Å². The normalized spacial score (nSPS) is 15.5. The maximum atomic E-state index is 13.5. The van der Waals surface area contributed by atoms with E-state index in [1.165, 1.54) is 16.4 Å². The molecule has 4 aromatic rings. The van der Waals surface area contributed by atoms with Crippen LogP contribution in [0.2, 0.25) is 0 Å². The van der Waals surface area contributed by atoms with Crippen molar-refractivity contribution in [3.8, 4) is 0 Å². The molecule has 0 bridgehead atoms. The largest absolute Gasteiger partial charge is 0.320 e. The Kier molecular flexibility index (Phi) is 4.90. The summed E-state index contributed by atoms with van der Waals surface area (Å²) in [5, 5.41) is 3.77. The first-order chi connectivity index (χ1) is 15.4. The van der Waals surface area contributed by atoms with Gasteiger partial charge in [0.05, 0.1) is 21.8 Å². The summed E-state index contributed by atoms with van der Waals surface area (Å²) < 4.78 is 28.5. The number of nitrogens with zero attached hydrogens (tertiary/aromatic N) is 2. The minimum Gasteiger partial charge on any atom is -0.320 e. The van der Waals surface area contributed by atoms with Gasteiger partial charge >= 0.3 is 0 Å². The highest BCUT2D eigenvalue weighted by atomic mass is 32.2. The number of pyridine rings is 1. The molecule has 0 spiro atoms. The number of hydrogen-bond donors (Lipinski definition) is 1. The molecule has 0 saturated heterocycles. The Balaban J connectivity index is 1.48. The zero-order valence-electron chi connectivity index (χ0n) is 17.4. The third-order valence-corrected chi connectivity index (χ3v) is 7.60. The molecule has 0 aliphatic carbocycles. The van der Waals surface area contributed by atoms with Gasteiger partial charge in [-0.05, 0) is 55.3 Å². The first kappa shape index (κ1) is 20.2. The topological polar surface area (TPSA) is 79.4 Å². The maximum absolute atomic E-state index is 13.5. The van der Waals surface area contributed by atoms with Crippen molar-refractivity contribution in [1.29, 1.82) is 0 Å². The van der Waals surface area contributed by atoms with Gasteiger partial charge in [-0.15, -0.1) is 0 Å². The third-order valence-electron chi connectivity index (χ3n) is 5.68. The first-order valence-corrected chi connectivity index (χ1v) is 11.8. The van der Waals surface area contributed by atoms with Gasteiger partial charge in [-0.2, -0.15) is 0 Å². The molecule has 0 saturated carbocycles. The minimum atomic E-state index is -3.82. The Labute approximate surface area is 186 Å². The van der Waals surface area contributed by atoms with Crippen LogP contribution in [0.25, 0.3) is 10.9 Å². The number of carbonyl (C=O) groups excluding carboxylic acids is 1. The van der Waals surface area contributed by atoms with Crippen LogP contribution in [0.5, 0.6) is 0 Å². The van der Waals surface area contributed by atoms with Crippen LogP contribution in [-0.2, 0) is 16.4 Å². The lowest BCUT2D eigenvalue weighted by molar-refractivity contribution is 0.102. The zero-order valence-corrected chi connectivity index (χ0v) is 18.2. The molecule has 1 aliphatic heterocycles. The van der Waals surface area contributed by atoms with Gasteiger partial charge < -0.3 is 5.32 Å². The summed E-state index contributed by atoms with van der Waals surface area (Å²) in [6, 6.07) is 22.8. The second kappa shape index (κ2) is 7.76. The summed E-state index contributed by atoms with van der Waals surface area (Å²) in [6.45, 7) is 1.89. The summed E-state index contributed by atoms with van der Waals surface area (Å²) in [7, 11) is -3.82. The summed E-state index contributed by atoms with van der Waals surface area (Å²) in [6.07, 6.45) is 2.32. The Morgan fingerprint density at radius 2 is 1.78 bits per heavy atom. The van der Waals surface area contributed by atoms with Crippen LogP contribution in [0.4, 0.5) is 11.4 Å². The Bertz CT molecular complexity index is 1440. The molecule has 0 fully saturated rings. The monoisotopic (exact) mass is 443 g/mol. The number of aromatic nitrogens is 1. The van der Waals surface area contributed by atoms with Crippen molar-refractivity contribution in [2.45, 2.75) is 24.3 Å². The van der Waals surface area contributed by atoms with E-state index in [-0.39, 0.29) is 16.5 Å². The molecule has 1 aliphatic rings. The molecule has 0 radical (unpaired) electrons. The van der Waals surface area contributed by atoms with Crippen LogP contribution in [0, 0.1) is 0 Å². The predicted octanol–water partition coefficient (Wildman–Crippen LogP) is 4.63. The van der Waals surface area contributed by atoms with Crippen molar-refractivity contribution >= 4 is 38.2 Å². The van der Waals surface area contributed by atoms with E-state index in [1.54, 1.807) is 24.4 Å². The van der Waals surface area contributed by atoms with Crippen molar-refractivity contribution in [2.75, 3.05) is 9.62 Å². The van der Waals surface area contributed by atoms with E-state index in [4.69, 9.17) is 0 Å². The highest BCUT2D eigenvalue weighted by Gasteiger charge is 2.36. The molecule has 7 heteroatoms. The van der Waals surface area contributed by atoms with Gasteiger partial charge in [-0.3, -0.25) is 14.1 Å². The number of sulfonamides is 1. The fourth-order valence-corrected chi connectivity index (χ4v) is 5.95. The van der Waals surface area contributed by atoms with Crippen molar-refractivity contribution in [2.24, 2.45) is 0 Å². The van der Waals surface area contributed by atoms with Crippen LogP contribution in [0.15, 0.2) is 90.0 Å². The van der Waals surface area contributed by atoms with E-state index >= 15 is 0 Å². The average Bonchev–Trinajstić information content (AvgIpc) is 3.16. The molecule has 1 aromatic heterocycles. The van der Waals surface area contributed by atoms with Crippen molar-refractivity contribution in [3.63, 3.8) is 0 Å². The Morgan fingerprint density at radius 1 is 1.00 bits per heavy atom. The minimum absolute atomic E-state index is 0.0877. The average molecular weight is 444 g/mol. The SMILES string of the molecule is C[C@@H]1Cc2ccccc2N1S(=O)(=O)c1cccc(C(=O)Nc2cccc3cccnc23)c1. The molecule has 1 atom stereocenters. The van der Waals surface area contributed by atoms with E-state index in [2.05, 4.69) is 10.3 Å². The number of anilines is 2. The Hall–Kier alpha value is -3.71. The van der Waals surface area contributed by atoms with Crippen LogP contribution in [0.3, 0.4) is 0 Å². The molecule has 6 nitrogen and oxygen atoms in total. The fourth-order valence-electron chi connectivity index (χ4n) is 4.21. The second-order valence-corrected chi connectivity index (χ2v) is 9.66. The number of amides is 1. The third kappa shape index (κ3) is 3.40. The Morgan fingerprint density at radius 3 is 2.66 bits per heavy atom. The maximum Gasteiger partial charge on any atom is 0.264 e. The van der Waals surface area contributed by atoms with Crippen LogP contribution in [0.1, 0.15) is 22.8 Å². The molecule has 1 amide bonds. The highest BCUT2D eigenvalue weighted by molar-refractivity contribution is 7.92. The molecule has 5 rings (SSSR count). The first-order valence-electron chi connectivity index (χ1n) is 10.3. The lowest BCUT2D eigenvalue weighted by atomic mass is 10.1. The molecule has 2 heterocycles. The molecule has 32 heavy (non-hydrogen) atoms. The zero-order chi connectivity index (χ0) is 22.3. The number of rotatable bonds is 4. The molecule has 1 N–H and O–H groups in total. The van der Waals surface area contributed by atoms with Crippen molar-refractivity contribution in [3.05, 3.63) is 96.2 Å². The quantitative estimate of drug-likeness (QED) is 0.499. The van der Waals surface area contributed by atoms with Crippen molar-refractivity contribution < 1.29 is 13.2 Å². The molecule has 0 unspecified atom stereocenters. The van der Waals surface area contributed by atoms with Crippen molar-refractivity contribution in [1.82, 2.24) is 4.98 Å². The van der Waals surface area contributed by atoms with Crippen LogP contribution >= 0.6 is 0 Å². The molecule has 3 aromatic carbocycles. The molecular formula is C25H21N3O3S. The smallest absolute Gasteiger partial charge is 0.264 e. The van der Waals surface area contributed by atoms with Gasteiger partial charge in [0, 0.05) is 23.2 Å². The summed E-state index contributed by atoms with van der Waals surface area (Å²) in [5.41, 5.74) is 3.20. The van der Waals surface area contributed by atoms with Gasteiger partial charge in [0.2, 0.25) is 0 Å². The molecular weight excluding hydrogens is 422 g/mol. The summed E-state index contributed by atoms with van der Waals surface area (Å²) in [4.78, 5) is 17.4. The van der Waals surface area contributed by atoms with E-state index in [0.29, 0.717) is 23.3 Å². The lowest BCUT2D eigenvalue weighted by Crippen LogP contribution is -2.35. The summed E-state index contributed by atoms with van der Waals surface area (Å²) in [5.74, 6) is -0.393. The van der Waals surface area contributed by atoms with E-state index < -0.39 is 15.9 Å². The van der Waals surface area contributed by atoms with E-state index in [1.807, 2.05) is 55.5 Å². The van der Waals surface area contributed by atoms with Crippen LogP contribution < -0.4 is 9.62 Å². The van der Waals surface area contributed by atoms with Gasteiger partial charge in [-0.25, -0.2) is 8.42 Å². The standard InChI is InChI=1S/C25H21N3O3S/c1-17-15-19-7-2-3-13-23(19)28(17)32(30,31)21-11-4-9-20(16-21)25(29)27-22-12-5-8-18-10-6-14-26-24(18)22/h2-14,16-17H,15H2,1H3,(H,27,29)/t17-/m1/s1. The number of carbonyl (C=O) groups is 1. The van der Waals surface area contributed by atoms with E-state index in [0.717, 1.165) is 10.9 Å². The second-order valence-electron chi connectivity index (χ2n) is 7.85. The van der Waals surface area contributed by atoms with Gasteiger partial charge in [0.25, 0.3) is 15.9 Å². The lowest BCUT2D eigenvalue weighted by Gasteiger charge is -2.24. The predicted molar refractivity (Wildman–Crippen MR) is 125 cm³/mol. The van der Waals surface area contributed by atoms with Crippen LogP contribution in [-0.4, -0.2) is 25.4 Å². The number of hydrogen-bond acceptors (Lipinski definition) is 4.